The lowest BCUT2D eigenvalue weighted by molar-refractivity contribution is -0.131. The van der Waals surface area contributed by atoms with Gasteiger partial charge in [-0.15, -0.1) is 0 Å². The molecule has 2 aromatic carbocycles. The van der Waals surface area contributed by atoms with Crippen molar-refractivity contribution in [3.05, 3.63) is 65.2 Å². The van der Waals surface area contributed by atoms with Gasteiger partial charge in [-0.05, 0) is 42.8 Å². The summed E-state index contributed by atoms with van der Waals surface area (Å²) in [5, 5.41) is 12.8. The van der Waals surface area contributed by atoms with Crippen molar-refractivity contribution in [2.45, 2.75) is 12.5 Å². The number of benzene rings is 2. The molecule has 0 aromatic heterocycles. The maximum absolute atomic E-state index is 12.8. The largest absolute Gasteiger partial charge is 0.332 e. The topological polar surface area (TPSA) is 93.5 Å². The summed E-state index contributed by atoms with van der Waals surface area (Å²) >= 11 is 5.84. The third-order valence-electron chi connectivity index (χ3n) is 4.99. The number of hydrogen-bond donors (Lipinski definition) is 1. The number of anilines is 1. The average Bonchev–Trinajstić information content (AvgIpc) is 3.19. The molecule has 1 fully saturated rings. The lowest BCUT2D eigenvalue weighted by Crippen LogP contribution is -2.43. The number of amides is 3. The quantitative estimate of drug-likeness (QED) is 0.798. The Morgan fingerprint density at radius 1 is 1.17 bits per heavy atom. The average molecular weight is 425 g/mol. The molecule has 0 aliphatic carbocycles. The fourth-order valence-corrected chi connectivity index (χ4v) is 3.49. The molecular weight excluding hydrogens is 404 g/mol. The van der Waals surface area contributed by atoms with Crippen LogP contribution in [0.4, 0.5) is 5.69 Å². The van der Waals surface area contributed by atoms with Crippen LogP contribution in [-0.4, -0.2) is 53.7 Å². The van der Waals surface area contributed by atoms with E-state index < -0.39 is 12.0 Å². The Balaban J connectivity index is 1.62. The number of rotatable bonds is 5. The molecule has 0 bridgehead atoms. The number of carbonyl (C=O) groups is 3. The Kier molecular flexibility index (Phi) is 6.70. The summed E-state index contributed by atoms with van der Waals surface area (Å²) in [5.41, 5.74) is 1.07. The number of likely N-dealkylation sites (tertiary alicyclic amines) is 1. The molecule has 3 amide bonds. The maximum Gasteiger partial charge on any atom is 0.254 e. The number of nitrogens with zero attached hydrogens (tertiary/aromatic N) is 3. The number of nitriles is 1. The van der Waals surface area contributed by atoms with E-state index in [0.717, 1.165) is 0 Å². The first-order valence-electron chi connectivity index (χ1n) is 9.45. The summed E-state index contributed by atoms with van der Waals surface area (Å²) in [6.07, 6.45) is 0.260. The monoisotopic (exact) mass is 424 g/mol. The van der Waals surface area contributed by atoms with Gasteiger partial charge in [0.25, 0.3) is 5.91 Å². The van der Waals surface area contributed by atoms with Gasteiger partial charge in [0, 0.05) is 29.9 Å². The van der Waals surface area contributed by atoms with Gasteiger partial charge in [0.1, 0.15) is 6.04 Å². The molecule has 3 rings (SSSR count). The molecule has 8 heteroatoms. The first kappa shape index (κ1) is 21.3. The van der Waals surface area contributed by atoms with Gasteiger partial charge in [0.2, 0.25) is 11.8 Å². The summed E-state index contributed by atoms with van der Waals surface area (Å²) in [6, 6.07) is 16.8. The molecule has 1 N–H and O–H groups in total. The van der Waals surface area contributed by atoms with Crippen LogP contribution in [0.3, 0.4) is 0 Å². The summed E-state index contributed by atoms with van der Waals surface area (Å²) in [7, 11) is 1.52. The zero-order valence-electron chi connectivity index (χ0n) is 16.4. The molecule has 2 aromatic rings. The number of nitrogens with one attached hydrogen (secondary N) is 1. The second-order valence-electron chi connectivity index (χ2n) is 7.15. The predicted molar refractivity (Wildman–Crippen MR) is 113 cm³/mol. The van der Waals surface area contributed by atoms with Crippen molar-refractivity contribution in [1.29, 1.82) is 5.26 Å². The molecule has 1 unspecified atom stereocenters. The number of halogens is 1. The van der Waals surface area contributed by atoms with Crippen LogP contribution in [0.2, 0.25) is 5.02 Å². The van der Waals surface area contributed by atoms with E-state index in [4.69, 9.17) is 11.6 Å². The number of carbonyl (C=O) groups excluding carboxylic acids is 3. The van der Waals surface area contributed by atoms with E-state index in [1.807, 2.05) is 18.2 Å². The Labute approximate surface area is 179 Å². The van der Waals surface area contributed by atoms with Crippen molar-refractivity contribution < 1.29 is 14.4 Å². The van der Waals surface area contributed by atoms with Crippen LogP contribution in [0.25, 0.3) is 0 Å². The maximum atomic E-state index is 12.8. The van der Waals surface area contributed by atoms with Crippen LogP contribution < -0.4 is 5.32 Å². The van der Waals surface area contributed by atoms with Gasteiger partial charge in [0.15, 0.2) is 0 Å². The number of hydrogen-bond acceptors (Lipinski definition) is 4. The Bertz CT molecular complexity index is 972. The molecule has 0 spiro atoms. The molecular formula is C22H21ClN4O3. The Morgan fingerprint density at radius 2 is 1.83 bits per heavy atom. The highest BCUT2D eigenvalue weighted by atomic mass is 35.5. The molecule has 1 saturated heterocycles. The SMILES string of the molecule is CN(CC(=O)N1CC(C(=O)Nc2ccccc2)C[C@H]1C#N)C(=O)c1ccc(Cl)cc1. The lowest BCUT2D eigenvalue weighted by Gasteiger charge is -2.24. The molecule has 1 heterocycles. The van der Waals surface area contributed by atoms with E-state index in [1.54, 1.807) is 36.4 Å². The molecule has 154 valence electrons. The van der Waals surface area contributed by atoms with Crippen LogP contribution in [0, 0.1) is 17.2 Å². The van der Waals surface area contributed by atoms with E-state index in [1.165, 1.54) is 16.8 Å². The summed E-state index contributed by atoms with van der Waals surface area (Å²) < 4.78 is 0. The van der Waals surface area contributed by atoms with Gasteiger partial charge in [-0.25, -0.2) is 0 Å². The zero-order valence-corrected chi connectivity index (χ0v) is 17.2. The van der Waals surface area contributed by atoms with Crippen molar-refractivity contribution >= 4 is 35.0 Å². The minimum Gasteiger partial charge on any atom is -0.332 e. The Hall–Kier alpha value is -3.37. The lowest BCUT2D eigenvalue weighted by atomic mass is 10.1. The molecule has 0 radical (unpaired) electrons. The van der Waals surface area contributed by atoms with Gasteiger partial charge in [-0.2, -0.15) is 5.26 Å². The van der Waals surface area contributed by atoms with E-state index >= 15 is 0 Å². The van der Waals surface area contributed by atoms with E-state index in [0.29, 0.717) is 16.3 Å². The van der Waals surface area contributed by atoms with Crippen molar-refractivity contribution in [2.75, 3.05) is 25.5 Å². The Morgan fingerprint density at radius 3 is 2.47 bits per heavy atom. The van der Waals surface area contributed by atoms with Crippen LogP contribution >= 0.6 is 11.6 Å². The first-order chi connectivity index (χ1) is 14.4. The molecule has 1 aliphatic heterocycles. The van der Waals surface area contributed by atoms with E-state index in [9.17, 15) is 19.6 Å². The molecule has 1 aliphatic rings. The summed E-state index contributed by atoms with van der Waals surface area (Å²) in [5.74, 6) is -1.43. The van der Waals surface area contributed by atoms with Crippen molar-refractivity contribution in [1.82, 2.24) is 9.80 Å². The van der Waals surface area contributed by atoms with E-state index in [2.05, 4.69) is 11.4 Å². The van der Waals surface area contributed by atoms with Crippen LogP contribution in [0.5, 0.6) is 0 Å². The van der Waals surface area contributed by atoms with Crippen molar-refractivity contribution in [3.8, 4) is 6.07 Å². The molecule has 2 atom stereocenters. The van der Waals surface area contributed by atoms with Gasteiger partial charge in [-0.3, -0.25) is 14.4 Å². The smallest absolute Gasteiger partial charge is 0.254 e. The molecule has 7 nitrogen and oxygen atoms in total. The second kappa shape index (κ2) is 9.42. The number of para-hydroxylation sites is 1. The normalized spacial score (nSPS) is 17.8. The van der Waals surface area contributed by atoms with E-state index in [-0.39, 0.29) is 37.2 Å². The zero-order chi connectivity index (χ0) is 21.7. The van der Waals surface area contributed by atoms with Crippen LogP contribution in [0.15, 0.2) is 54.6 Å². The van der Waals surface area contributed by atoms with Gasteiger partial charge in [-0.1, -0.05) is 29.8 Å². The van der Waals surface area contributed by atoms with Crippen LogP contribution in [-0.2, 0) is 9.59 Å². The summed E-state index contributed by atoms with van der Waals surface area (Å²) in [6.45, 7) is -0.0502. The van der Waals surface area contributed by atoms with Crippen molar-refractivity contribution in [3.63, 3.8) is 0 Å². The van der Waals surface area contributed by atoms with Gasteiger partial charge in [0.05, 0.1) is 18.5 Å². The minimum absolute atomic E-state index is 0.138. The fourth-order valence-electron chi connectivity index (χ4n) is 3.37. The predicted octanol–water partition coefficient (Wildman–Crippen LogP) is 2.79. The highest BCUT2D eigenvalue weighted by molar-refractivity contribution is 6.30. The molecule has 30 heavy (non-hydrogen) atoms. The van der Waals surface area contributed by atoms with Gasteiger partial charge < -0.3 is 15.1 Å². The highest BCUT2D eigenvalue weighted by Gasteiger charge is 2.39. The van der Waals surface area contributed by atoms with Crippen molar-refractivity contribution in [2.24, 2.45) is 5.92 Å². The standard InChI is InChI=1S/C22H21ClN4O3/c1-26(22(30)15-7-9-17(23)10-8-15)14-20(28)27-13-16(11-19(27)12-24)21(29)25-18-5-3-2-4-6-18/h2-10,16,19H,11,13-14H2,1H3,(H,25,29)/t16?,19-/m0/s1. The first-order valence-corrected chi connectivity index (χ1v) is 9.83. The summed E-state index contributed by atoms with van der Waals surface area (Å²) in [4.78, 5) is 40.5. The van der Waals surface area contributed by atoms with Crippen LogP contribution in [0.1, 0.15) is 16.8 Å². The second-order valence-corrected chi connectivity index (χ2v) is 7.58. The van der Waals surface area contributed by atoms with Gasteiger partial charge >= 0.3 is 0 Å². The fraction of sp³-hybridized carbons (Fsp3) is 0.273. The molecule has 0 saturated carbocycles. The highest BCUT2D eigenvalue weighted by Crippen LogP contribution is 2.25. The minimum atomic E-state index is -0.706. The third kappa shape index (κ3) is 4.97. The number of likely N-dealkylation sites (N-methyl/N-ethyl adjacent to an activating group) is 1. The third-order valence-corrected chi connectivity index (χ3v) is 5.24.